The normalized spacial score (nSPS) is 13.2. The Bertz CT molecular complexity index is 558. The molecule has 1 heterocycles. The van der Waals surface area contributed by atoms with Gasteiger partial charge in [-0.25, -0.2) is 0 Å². The molecule has 0 saturated carbocycles. The van der Waals surface area contributed by atoms with Crippen molar-refractivity contribution in [2.75, 3.05) is 0 Å². The fourth-order valence-electron chi connectivity index (χ4n) is 2.05. The molecule has 0 N–H and O–H groups in total. The van der Waals surface area contributed by atoms with Crippen LogP contribution in [0.25, 0.3) is 11.0 Å². The molecule has 1 aromatic carbocycles. The van der Waals surface area contributed by atoms with Gasteiger partial charge in [-0.15, -0.1) is 0 Å². The lowest BCUT2D eigenvalue weighted by Gasteiger charge is -2.16. The summed E-state index contributed by atoms with van der Waals surface area (Å²) < 4.78 is 5.37. The van der Waals surface area contributed by atoms with E-state index in [1.807, 2.05) is 12.1 Å². The van der Waals surface area contributed by atoms with Gasteiger partial charge in [-0.05, 0) is 57.0 Å². The number of hydrogen-bond acceptors (Lipinski definition) is 2. The van der Waals surface area contributed by atoms with E-state index in [0.717, 1.165) is 23.8 Å². The van der Waals surface area contributed by atoms with Crippen LogP contribution in [0.4, 0.5) is 0 Å². The fraction of sp³-hybridized carbons (Fsp3) is 0.438. The van der Waals surface area contributed by atoms with Gasteiger partial charge >= 0.3 is 0 Å². The second-order valence-corrected chi connectivity index (χ2v) is 5.65. The number of hydrogen-bond donors (Lipinski definition) is 0. The molecule has 2 rings (SSSR count). The molecule has 0 amide bonds. The minimum absolute atomic E-state index is 0.0319. The van der Waals surface area contributed by atoms with Crippen LogP contribution in [-0.4, -0.2) is 11.3 Å². The van der Waals surface area contributed by atoms with Gasteiger partial charge in [0.2, 0.25) is 0 Å². The zero-order chi connectivity index (χ0) is 13.2. The standard InChI is InChI=1S/C16H21NO/c1-5-6-14(17-16(2,3)4)12-7-8-15-13(11-12)9-10-18-15/h7-11H,5-6H2,1-4H3/b17-14+. The predicted molar refractivity (Wildman–Crippen MR) is 77.4 cm³/mol. The highest BCUT2D eigenvalue weighted by Crippen LogP contribution is 2.20. The average molecular weight is 243 g/mol. The summed E-state index contributed by atoms with van der Waals surface area (Å²) in [4.78, 5) is 4.85. The molecule has 0 spiro atoms. The Morgan fingerprint density at radius 2 is 2.00 bits per heavy atom. The van der Waals surface area contributed by atoms with Crippen molar-refractivity contribution in [1.29, 1.82) is 0 Å². The van der Waals surface area contributed by atoms with Gasteiger partial charge < -0.3 is 4.42 Å². The van der Waals surface area contributed by atoms with E-state index in [1.54, 1.807) is 6.26 Å². The fourth-order valence-corrected chi connectivity index (χ4v) is 2.05. The second-order valence-electron chi connectivity index (χ2n) is 5.65. The number of rotatable bonds is 3. The highest BCUT2D eigenvalue weighted by atomic mass is 16.3. The smallest absolute Gasteiger partial charge is 0.133 e. The van der Waals surface area contributed by atoms with Crippen molar-refractivity contribution < 1.29 is 4.42 Å². The van der Waals surface area contributed by atoms with E-state index in [-0.39, 0.29) is 5.54 Å². The first-order valence-electron chi connectivity index (χ1n) is 6.56. The van der Waals surface area contributed by atoms with E-state index in [0.29, 0.717) is 0 Å². The molecule has 2 aromatic rings. The molecule has 0 bridgehead atoms. The molecular weight excluding hydrogens is 222 g/mol. The molecule has 0 radical (unpaired) electrons. The summed E-state index contributed by atoms with van der Waals surface area (Å²) >= 11 is 0. The van der Waals surface area contributed by atoms with E-state index in [9.17, 15) is 0 Å². The molecule has 1 aromatic heterocycles. The van der Waals surface area contributed by atoms with Gasteiger partial charge in [0.25, 0.3) is 0 Å². The maximum atomic E-state index is 5.37. The quantitative estimate of drug-likeness (QED) is 0.709. The Morgan fingerprint density at radius 3 is 2.67 bits per heavy atom. The minimum atomic E-state index is -0.0319. The summed E-state index contributed by atoms with van der Waals surface area (Å²) in [7, 11) is 0. The first kappa shape index (κ1) is 12.9. The van der Waals surface area contributed by atoms with Crippen LogP contribution >= 0.6 is 0 Å². The molecule has 2 heteroatoms. The first-order valence-corrected chi connectivity index (χ1v) is 6.56. The molecule has 0 aliphatic rings. The zero-order valence-electron chi connectivity index (χ0n) is 11.7. The van der Waals surface area contributed by atoms with Gasteiger partial charge in [0, 0.05) is 11.1 Å². The lowest BCUT2D eigenvalue weighted by Crippen LogP contribution is -2.15. The molecule has 0 aliphatic carbocycles. The van der Waals surface area contributed by atoms with Crippen molar-refractivity contribution in [3.05, 3.63) is 36.1 Å². The molecule has 0 saturated heterocycles. The monoisotopic (exact) mass is 243 g/mol. The Hall–Kier alpha value is -1.57. The average Bonchev–Trinajstić information content (AvgIpc) is 2.73. The summed E-state index contributed by atoms with van der Waals surface area (Å²) in [6, 6.07) is 8.29. The lowest BCUT2D eigenvalue weighted by atomic mass is 10.0. The van der Waals surface area contributed by atoms with Gasteiger partial charge in [0.05, 0.1) is 11.8 Å². The van der Waals surface area contributed by atoms with Gasteiger partial charge in [-0.1, -0.05) is 13.3 Å². The first-order chi connectivity index (χ1) is 8.49. The Morgan fingerprint density at radius 1 is 1.22 bits per heavy atom. The van der Waals surface area contributed by atoms with E-state index >= 15 is 0 Å². The third-order valence-corrected chi connectivity index (χ3v) is 2.74. The maximum Gasteiger partial charge on any atom is 0.133 e. The van der Waals surface area contributed by atoms with Gasteiger partial charge in [-0.2, -0.15) is 0 Å². The van der Waals surface area contributed by atoms with Crippen molar-refractivity contribution in [2.24, 2.45) is 4.99 Å². The van der Waals surface area contributed by atoms with Crippen LogP contribution in [0.5, 0.6) is 0 Å². The number of furan rings is 1. The Balaban J connectivity index is 2.44. The number of fused-ring (bicyclic) bond motifs is 1. The highest BCUT2D eigenvalue weighted by Gasteiger charge is 2.11. The Kier molecular flexibility index (Phi) is 3.55. The van der Waals surface area contributed by atoms with E-state index in [2.05, 4.69) is 39.8 Å². The van der Waals surface area contributed by atoms with Crippen LogP contribution < -0.4 is 0 Å². The van der Waals surface area contributed by atoms with Crippen molar-refractivity contribution in [2.45, 2.75) is 46.1 Å². The molecule has 0 fully saturated rings. The number of nitrogens with zero attached hydrogens (tertiary/aromatic N) is 1. The largest absolute Gasteiger partial charge is 0.464 e. The SMILES string of the molecule is CCC/C(=N\C(C)(C)C)c1ccc2occc2c1. The van der Waals surface area contributed by atoms with Crippen LogP contribution in [0.2, 0.25) is 0 Å². The summed E-state index contributed by atoms with van der Waals surface area (Å²) in [5.41, 5.74) is 3.30. The van der Waals surface area contributed by atoms with E-state index in [4.69, 9.17) is 9.41 Å². The third-order valence-electron chi connectivity index (χ3n) is 2.74. The van der Waals surface area contributed by atoms with Crippen molar-refractivity contribution in [3.8, 4) is 0 Å². The van der Waals surface area contributed by atoms with E-state index in [1.165, 1.54) is 11.3 Å². The minimum Gasteiger partial charge on any atom is -0.464 e. The molecular formula is C16H21NO. The van der Waals surface area contributed by atoms with Crippen LogP contribution in [0.15, 0.2) is 39.9 Å². The third kappa shape index (κ3) is 3.00. The van der Waals surface area contributed by atoms with Crippen molar-refractivity contribution in [1.82, 2.24) is 0 Å². The molecule has 0 aliphatic heterocycles. The molecule has 96 valence electrons. The maximum absolute atomic E-state index is 5.37. The molecule has 0 atom stereocenters. The van der Waals surface area contributed by atoms with Crippen molar-refractivity contribution >= 4 is 16.7 Å². The van der Waals surface area contributed by atoms with Crippen LogP contribution in [0.3, 0.4) is 0 Å². The highest BCUT2D eigenvalue weighted by molar-refractivity contribution is 6.03. The van der Waals surface area contributed by atoms with Crippen LogP contribution in [0.1, 0.15) is 46.1 Å². The summed E-state index contributed by atoms with van der Waals surface area (Å²) in [5, 5.41) is 1.14. The van der Waals surface area contributed by atoms with E-state index < -0.39 is 0 Å². The predicted octanol–water partition coefficient (Wildman–Crippen LogP) is 4.82. The van der Waals surface area contributed by atoms with Gasteiger partial charge in [0.15, 0.2) is 0 Å². The van der Waals surface area contributed by atoms with Crippen LogP contribution in [-0.2, 0) is 0 Å². The lowest BCUT2D eigenvalue weighted by molar-refractivity contribution is 0.581. The summed E-state index contributed by atoms with van der Waals surface area (Å²) in [5.74, 6) is 0. The van der Waals surface area contributed by atoms with Crippen molar-refractivity contribution in [3.63, 3.8) is 0 Å². The molecule has 2 nitrogen and oxygen atoms in total. The zero-order valence-corrected chi connectivity index (χ0v) is 11.7. The molecule has 0 unspecified atom stereocenters. The number of benzene rings is 1. The summed E-state index contributed by atoms with van der Waals surface area (Å²) in [6.45, 7) is 8.60. The second kappa shape index (κ2) is 4.97. The van der Waals surface area contributed by atoms with Crippen LogP contribution in [0, 0.1) is 0 Å². The topological polar surface area (TPSA) is 25.5 Å². The summed E-state index contributed by atoms with van der Waals surface area (Å²) in [6.07, 6.45) is 3.85. The van der Waals surface area contributed by atoms with Gasteiger partial charge in [-0.3, -0.25) is 4.99 Å². The number of aliphatic imine (C=N–C) groups is 1. The Labute approximate surface area is 109 Å². The molecule has 18 heavy (non-hydrogen) atoms. The van der Waals surface area contributed by atoms with Gasteiger partial charge in [0.1, 0.15) is 5.58 Å².